The van der Waals surface area contributed by atoms with Crippen LogP contribution in [0.1, 0.15) is 11.1 Å². The fourth-order valence-corrected chi connectivity index (χ4v) is 10.8. The largest absolute Gasteiger partial charge is 0.489 e. The second kappa shape index (κ2) is 12.5. The Bertz CT molecular complexity index is 4110. The molecule has 10 heteroatoms. The first-order chi connectivity index (χ1) is 30.6. The van der Waals surface area contributed by atoms with Crippen molar-refractivity contribution >= 4 is 98.8 Å². The molecule has 13 aromatic rings. The van der Waals surface area contributed by atoms with Gasteiger partial charge in [0.2, 0.25) is 11.6 Å². The first-order valence-corrected chi connectivity index (χ1v) is 21.6. The highest BCUT2D eigenvalue weighted by Gasteiger charge is 2.21. The van der Waals surface area contributed by atoms with E-state index < -0.39 is 0 Å². The van der Waals surface area contributed by atoms with Gasteiger partial charge in [0.1, 0.15) is 12.4 Å². The van der Waals surface area contributed by atoms with Crippen molar-refractivity contribution < 1.29 is 4.74 Å². The molecule has 6 aromatic heterocycles. The summed E-state index contributed by atoms with van der Waals surface area (Å²) in [5, 5.41) is 0. The molecule has 1 aliphatic rings. The van der Waals surface area contributed by atoms with E-state index >= 15 is 0 Å². The third kappa shape index (κ3) is 4.75. The van der Waals surface area contributed by atoms with Gasteiger partial charge in [-0.1, -0.05) is 84.2 Å². The Morgan fingerprint density at radius 1 is 0.532 bits per heavy atom. The number of fused-ring (bicyclic) bond motifs is 16. The number of rotatable bonds is 3. The van der Waals surface area contributed by atoms with Crippen LogP contribution in [0.2, 0.25) is 0 Å². The van der Waals surface area contributed by atoms with Crippen LogP contribution in [-0.4, -0.2) is 43.9 Å². The van der Waals surface area contributed by atoms with Crippen molar-refractivity contribution in [2.45, 2.75) is 6.42 Å². The summed E-state index contributed by atoms with van der Waals surface area (Å²) in [5.74, 6) is 2.72. The monoisotopic (exact) mass is 818 g/mol. The maximum atomic E-state index is 6.70. The van der Waals surface area contributed by atoms with Crippen molar-refractivity contribution in [3.63, 3.8) is 0 Å². The highest BCUT2D eigenvalue weighted by molar-refractivity contribution is 7.23. The molecule has 0 bridgehead atoms. The number of para-hydroxylation sites is 6. The predicted molar refractivity (Wildman–Crippen MR) is 252 cm³/mol. The molecule has 1 aliphatic heterocycles. The molecule has 62 heavy (non-hydrogen) atoms. The summed E-state index contributed by atoms with van der Waals surface area (Å²) in [5.41, 5.74) is 18.6. The van der Waals surface area contributed by atoms with E-state index in [1.807, 2.05) is 12.1 Å². The average Bonchev–Trinajstić information content (AvgIpc) is 4.15. The third-order valence-electron chi connectivity index (χ3n) is 12.7. The van der Waals surface area contributed by atoms with Gasteiger partial charge in [0.15, 0.2) is 4.96 Å². The van der Waals surface area contributed by atoms with Crippen molar-refractivity contribution in [1.29, 1.82) is 0 Å². The number of ether oxygens (including phenoxy) is 1. The van der Waals surface area contributed by atoms with E-state index in [0.717, 1.165) is 123 Å². The molecular weight excluding hydrogens is 785 g/mol. The van der Waals surface area contributed by atoms with Crippen LogP contribution in [0.3, 0.4) is 0 Å². The van der Waals surface area contributed by atoms with E-state index in [4.69, 9.17) is 19.7 Å². The van der Waals surface area contributed by atoms with Gasteiger partial charge >= 0.3 is 0 Å². The minimum Gasteiger partial charge on any atom is -0.489 e. The molecule has 0 saturated heterocycles. The predicted octanol–water partition coefficient (Wildman–Crippen LogP) is 12.0. The summed E-state index contributed by atoms with van der Waals surface area (Å²) in [6.45, 7) is 0.434. The van der Waals surface area contributed by atoms with Gasteiger partial charge in [-0.3, -0.25) is 17.8 Å². The van der Waals surface area contributed by atoms with Crippen molar-refractivity contribution in [3.8, 4) is 22.6 Å². The fourth-order valence-electron chi connectivity index (χ4n) is 9.74. The molecular formula is C52H34N8OS. The molecule has 14 rings (SSSR count). The van der Waals surface area contributed by atoms with Crippen molar-refractivity contribution in [2.24, 2.45) is 7.05 Å². The smallest absolute Gasteiger partial charge is 0.220 e. The SMILES string of the molecule is Cn1c2ccc(-c3ccc4c(c3)CC=CC=C(c3ccc5c(c3)n3c6ccccc6nc3n5-c3ccc5c(c3)sc3nc6ccccc6n35)CO4)cc2n2c3ccccc3nc12. The Labute approximate surface area is 356 Å². The van der Waals surface area contributed by atoms with Crippen LogP contribution < -0.4 is 4.74 Å². The zero-order chi connectivity index (χ0) is 40.6. The van der Waals surface area contributed by atoms with Crippen molar-refractivity contribution in [3.05, 3.63) is 175 Å². The molecule has 0 saturated carbocycles. The topological polar surface area (TPSA) is 71.0 Å². The summed E-state index contributed by atoms with van der Waals surface area (Å²) >= 11 is 1.72. The molecule has 7 heterocycles. The van der Waals surface area contributed by atoms with Gasteiger partial charge in [-0.05, 0) is 125 Å². The molecule has 0 N–H and O–H groups in total. The number of hydrogen-bond donors (Lipinski definition) is 0. The molecule has 0 atom stereocenters. The molecule has 0 amide bonds. The molecule has 9 nitrogen and oxygen atoms in total. The lowest BCUT2D eigenvalue weighted by molar-refractivity contribution is 0.366. The van der Waals surface area contributed by atoms with Gasteiger partial charge in [0, 0.05) is 7.05 Å². The van der Waals surface area contributed by atoms with Crippen LogP contribution in [0.25, 0.3) is 104 Å². The minimum absolute atomic E-state index is 0.434. The fraction of sp³-hybridized carbons (Fsp3) is 0.0577. The summed E-state index contributed by atoms with van der Waals surface area (Å²) in [7, 11) is 2.09. The Balaban J connectivity index is 0.830. The van der Waals surface area contributed by atoms with E-state index in [-0.39, 0.29) is 0 Å². The summed E-state index contributed by atoms with van der Waals surface area (Å²) in [6, 6.07) is 51.8. The second-order valence-corrected chi connectivity index (χ2v) is 17.2. The molecule has 294 valence electrons. The summed E-state index contributed by atoms with van der Waals surface area (Å²) < 4.78 is 19.2. The van der Waals surface area contributed by atoms with Crippen LogP contribution in [0, 0.1) is 0 Å². The van der Waals surface area contributed by atoms with Gasteiger partial charge < -0.3 is 9.30 Å². The number of hydrogen-bond acceptors (Lipinski definition) is 5. The molecule has 0 fully saturated rings. The van der Waals surface area contributed by atoms with E-state index in [2.05, 4.69) is 181 Å². The van der Waals surface area contributed by atoms with E-state index in [0.29, 0.717) is 6.61 Å². The maximum absolute atomic E-state index is 6.70. The third-order valence-corrected chi connectivity index (χ3v) is 13.7. The van der Waals surface area contributed by atoms with Crippen molar-refractivity contribution in [1.82, 2.24) is 37.3 Å². The Hall–Kier alpha value is -7.95. The minimum atomic E-state index is 0.434. The number of aromatic nitrogens is 8. The van der Waals surface area contributed by atoms with Gasteiger partial charge in [-0.25, -0.2) is 15.0 Å². The highest BCUT2D eigenvalue weighted by Crippen LogP contribution is 2.37. The molecule has 0 aliphatic carbocycles. The zero-order valence-electron chi connectivity index (χ0n) is 33.4. The van der Waals surface area contributed by atoms with E-state index in [9.17, 15) is 0 Å². The Morgan fingerprint density at radius 2 is 1.16 bits per heavy atom. The van der Waals surface area contributed by atoms with Gasteiger partial charge in [-0.2, -0.15) is 0 Å². The molecule has 0 unspecified atom stereocenters. The van der Waals surface area contributed by atoms with Crippen LogP contribution in [0.5, 0.6) is 5.75 Å². The lowest BCUT2D eigenvalue weighted by Crippen LogP contribution is -2.03. The normalized spacial score (nSPS) is 13.6. The Morgan fingerprint density at radius 3 is 1.98 bits per heavy atom. The molecule has 0 spiro atoms. The lowest BCUT2D eigenvalue weighted by Gasteiger charge is -2.14. The number of nitrogens with zero attached hydrogens (tertiary/aromatic N) is 8. The maximum Gasteiger partial charge on any atom is 0.220 e. The average molecular weight is 819 g/mol. The summed E-state index contributed by atoms with van der Waals surface area (Å²) in [4.78, 5) is 16.1. The summed E-state index contributed by atoms with van der Waals surface area (Å²) in [6.07, 6.45) is 7.36. The first kappa shape index (κ1) is 33.8. The van der Waals surface area contributed by atoms with Gasteiger partial charge in [-0.15, -0.1) is 0 Å². The van der Waals surface area contributed by atoms with E-state index in [1.165, 1.54) is 4.70 Å². The van der Waals surface area contributed by atoms with Crippen LogP contribution in [0.4, 0.5) is 0 Å². The quantitative estimate of drug-likeness (QED) is 0.178. The number of thiazole rings is 1. The molecule has 0 radical (unpaired) electrons. The number of benzene rings is 7. The Kier molecular flexibility index (Phi) is 6.84. The standard InChI is InChI=1S/C52H34N8OS/c1-56-43-22-18-32(27-46(43)58-40-15-7-4-12-37(40)53-50(56)58)31-20-25-48-34(26-31)10-2-3-11-35(30-61-48)33-19-23-44-47(28-33)59-41-16-8-5-13-38(41)54-51(59)57(44)36-21-24-45-49(29-36)62-52-55-39-14-6-9-17-42(39)60(45)52/h2-9,11-29H,10,30H2,1H3. The molecule has 7 aromatic carbocycles. The van der Waals surface area contributed by atoms with Gasteiger partial charge in [0.05, 0.1) is 71.1 Å². The van der Waals surface area contributed by atoms with Crippen LogP contribution in [-0.2, 0) is 13.5 Å². The number of imidazole rings is 5. The number of aryl methyl sites for hydroxylation is 1. The lowest BCUT2D eigenvalue weighted by atomic mass is 10.00. The number of allylic oxidation sites excluding steroid dienone is 3. The van der Waals surface area contributed by atoms with Crippen LogP contribution >= 0.6 is 11.3 Å². The van der Waals surface area contributed by atoms with Gasteiger partial charge in [0.25, 0.3) is 0 Å². The van der Waals surface area contributed by atoms with E-state index in [1.54, 1.807) is 11.3 Å². The first-order valence-electron chi connectivity index (χ1n) is 20.8. The highest BCUT2D eigenvalue weighted by atomic mass is 32.1. The second-order valence-electron chi connectivity index (χ2n) is 16.2. The zero-order valence-corrected chi connectivity index (χ0v) is 34.2. The van der Waals surface area contributed by atoms with Crippen molar-refractivity contribution in [2.75, 3.05) is 6.61 Å². The van der Waals surface area contributed by atoms with Crippen LogP contribution in [0.15, 0.2) is 164 Å².